The molecule has 1 aliphatic rings. The third kappa shape index (κ3) is 4.85. The molecule has 0 aliphatic carbocycles. The van der Waals surface area contributed by atoms with Crippen molar-refractivity contribution in [2.45, 2.75) is 19.8 Å². The number of nitrogens with one attached hydrogen (secondary N) is 2. The lowest BCUT2D eigenvalue weighted by molar-refractivity contribution is 0.269. The van der Waals surface area contributed by atoms with E-state index in [1.165, 1.54) is 4.31 Å². The maximum atomic E-state index is 12.3. The van der Waals surface area contributed by atoms with E-state index in [1.807, 2.05) is 0 Å². The number of rotatable bonds is 6. The first-order chi connectivity index (χ1) is 10.0. The molecule has 0 spiro atoms. The van der Waals surface area contributed by atoms with Crippen LogP contribution in [0.2, 0.25) is 5.02 Å². The summed E-state index contributed by atoms with van der Waals surface area (Å²) in [5.74, 6) is 0.562. The third-order valence-corrected chi connectivity index (χ3v) is 5.48. The Morgan fingerprint density at radius 3 is 2.43 bits per heavy atom. The van der Waals surface area contributed by atoms with Crippen molar-refractivity contribution in [1.82, 2.24) is 9.62 Å². The predicted octanol–water partition coefficient (Wildman–Crippen LogP) is 2.32. The van der Waals surface area contributed by atoms with Gasteiger partial charge in [0.25, 0.3) is 0 Å². The van der Waals surface area contributed by atoms with Gasteiger partial charge < -0.3 is 5.32 Å². The number of benzene rings is 1. The minimum absolute atomic E-state index is 0.536. The fraction of sp³-hybridized carbons (Fsp3) is 0.571. The van der Waals surface area contributed by atoms with Crippen LogP contribution in [0.4, 0.5) is 5.69 Å². The van der Waals surface area contributed by atoms with Gasteiger partial charge in [0.1, 0.15) is 0 Å². The van der Waals surface area contributed by atoms with Gasteiger partial charge in [-0.05, 0) is 56.1 Å². The van der Waals surface area contributed by atoms with Gasteiger partial charge in [-0.1, -0.05) is 18.5 Å². The Hall–Kier alpha value is -0.820. The SMILES string of the molecule is CCNCC1CCN(S(=O)(=O)Nc2ccc(Cl)cc2)CC1. The Balaban J connectivity index is 1.90. The highest BCUT2D eigenvalue weighted by atomic mass is 35.5. The molecule has 1 aromatic rings. The average Bonchev–Trinajstić information content (AvgIpc) is 2.48. The second-order valence-corrected chi connectivity index (χ2v) is 7.37. The molecule has 1 fully saturated rings. The van der Waals surface area contributed by atoms with Gasteiger partial charge in [0.2, 0.25) is 0 Å². The van der Waals surface area contributed by atoms with E-state index in [0.717, 1.165) is 25.9 Å². The molecule has 2 rings (SSSR count). The van der Waals surface area contributed by atoms with Gasteiger partial charge in [-0.25, -0.2) is 0 Å². The molecule has 0 radical (unpaired) electrons. The van der Waals surface area contributed by atoms with E-state index >= 15 is 0 Å². The van der Waals surface area contributed by atoms with Gasteiger partial charge in [0.15, 0.2) is 0 Å². The van der Waals surface area contributed by atoms with E-state index in [0.29, 0.717) is 29.7 Å². The Morgan fingerprint density at radius 1 is 1.24 bits per heavy atom. The van der Waals surface area contributed by atoms with E-state index in [2.05, 4.69) is 17.0 Å². The molecule has 0 saturated carbocycles. The maximum Gasteiger partial charge on any atom is 0.301 e. The normalized spacial score (nSPS) is 17.8. The lowest BCUT2D eigenvalue weighted by atomic mass is 9.98. The first-order valence-electron chi connectivity index (χ1n) is 7.25. The minimum atomic E-state index is -3.47. The van der Waals surface area contributed by atoms with Gasteiger partial charge >= 0.3 is 10.2 Å². The molecule has 7 heteroatoms. The van der Waals surface area contributed by atoms with Crippen LogP contribution in [0, 0.1) is 5.92 Å². The molecule has 1 heterocycles. The van der Waals surface area contributed by atoms with E-state index in [-0.39, 0.29) is 0 Å². The molecule has 21 heavy (non-hydrogen) atoms. The van der Waals surface area contributed by atoms with Gasteiger partial charge in [-0.15, -0.1) is 0 Å². The molecule has 0 unspecified atom stereocenters. The summed E-state index contributed by atoms with van der Waals surface area (Å²) in [5, 5.41) is 3.91. The van der Waals surface area contributed by atoms with Crippen molar-refractivity contribution < 1.29 is 8.42 Å². The highest BCUT2D eigenvalue weighted by molar-refractivity contribution is 7.90. The fourth-order valence-corrected chi connectivity index (χ4v) is 3.81. The van der Waals surface area contributed by atoms with Crippen LogP contribution in [-0.2, 0) is 10.2 Å². The van der Waals surface area contributed by atoms with Crippen LogP contribution >= 0.6 is 11.6 Å². The van der Waals surface area contributed by atoms with Crippen LogP contribution in [0.3, 0.4) is 0 Å². The van der Waals surface area contributed by atoms with Gasteiger partial charge in [0.05, 0.1) is 0 Å². The average molecular weight is 332 g/mol. The molecule has 2 N–H and O–H groups in total. The maximum absolute atomic E-state index is 12.3. The van der Waals surface area contributed by atoms with Gasteiger partial charge in [-0.2, -0.15) is 12.7 Å². The summed E-state index contributed by atoms with van der Waals surface area (Å²) in [6.07, 6.45) is 1.79. The molecule has 5 nitrogen and oxygen atoms in total. The summed E-state index contributed by atoms with van der Waals surface area (Å²) < 4.78 is 28.8. The largest absolute Gasteiger partial charge is 0.317 e. The highest BCUT2D eigenvalue weighted by Crippen LogP contribution is 2.21. The van der Waals surface area contributed by atoms with Crippen molar-refractivity contribution in [3.8, 4) is 0 Å². The van der Waals surface area contributed by atoms with Crippen molar-refractivity contribution in [2.75, 3.05) is 30.9 Å². The molecule has 1 saturated heterocycles. The van der Waals surface area contributed by atoms with E-state index in [9.17, 15) is 8.42 Å². The van der Waals surface area contributed by atoms with Crippen molar-refractivity contribution >= 4 is 27.5 Å². The van der Waals surface area contributed by atoms with Crippen molar-refractivity contribution in [3.63, 3.8) is 0 Å². The predicted molar refractivity (Wildman–Crippen MR) is 86.8 cm³/mol. The minimum Gasteiger partial charge on any atom is -0.317 e. The third-order valence-electron chi connectivity index (χ3n) is 3.69. The number of hydrogen-bond donors (Lipinski definition) is 2. The second-order valence-electron chi connectivity index (χ2n) is 5.26. The molecule has 0 bridgehead atoms. The zero-order valence-electron chi connectivity index (χ0n) is 12.2. The topological polar surface area (TPSA) is 61.4 Å². The summed E-state index contributed by atoms with van der Waals surface area (Å²) in [7, 11) is -3.47. The lowest BCUT2D eigenvalue weighted by Gasteiger charge is -2.31. The van der Waals surface area contributed by atoms with Gasteiger partial charge in [0, 0.05) is 23.8 Å². The summed E-state index contributed by atoms with van der Waals surface area (Å²) in [4.78, 5) is 0. The first-order valence-corrected chi connectivity index (χ1v) is 9.07. The number of anilines is 1. The van der Waals surface area contributed by atoms with Crippen molar-refractivity contribution in [2.24, 2.45) is 5.92 Å². The summed E-state index contributed by atoms with van der Waals surface area (Å²) in [6.45, 7) is 5.14. The highest BCUT2D eigenvalue weighted by Gasteiger charge is 2.27. The molecule has 0 aromatic heterocycles. The summed E-state index contributed by atoms with van der Waals surface area (Å²) in [6, 6.07) is 6.67. The summed E-state index contributed by atoms with van der Waals surface area (Å²) in [5.41, 5.74) is 0.536. The van der Waals surface area contributed by atoms with Crippen molar-refractivity contribution in [3.05, 3.63) is 29.3 Å². The monoisotopic (exact) mass is 331 g/mol. The van der Waals surface area contributed by atoms with Gasteiger partial charge in [-0.3, -0.25) is 4.72 Å². The number of piperidine rings is 1. The Morgan fingerprint density at radius 2 is 1.86 bits per heavy atom. The lowest BCUT2D eigenvalue weighted by Crippen LogP contribution is -2.43. The van der Waals surface area contributed by atoms with Crippen LogP contribution in [0.1, 0.15) is 19.8 Å². The zero-order chi connectivity index (χ0) is 15.3. The van der Waals surface area contributed by atoms with Crippen LogP contribution in [-0.4, -0.2) is 38.9 Å². The first kappa shape index (κ1) is 16.5. The smallest absolute Gasteiger partial charge is 0.301 e. The van der Waals surface area contributed by atoms with Crippen LogP contribution in [0.15, 0.2) is 24.3 Å². The molecule has 118 valence electrons. The van der Waals surface area contributed by atoms with Crippen LogP contribution in [0.5, 0.6) is 0 Å². The molecule has 1 aromatic carbocycles. The fourth-order valence-electron chi connectivity index (χ4n) is 2.43. The van der Waals surface area contributed by atoms with Crippen molar-refractivity contribution in [1.29, 1.82) is 0 Å². The van der Waals surface area contributed by atoms with E-state index in [4.69, 9.17) is 11.6 Å². The van der Waals surface area contributed by atoms with E-state index < -0.39 is 10.2 Å². The Bertz CT molecular complexity index is 540. The Kier molecular flexibility index (Phi) is 5.87. The van der Waals surface area contributed by atoms with Crippen LogP contribution < -0.4 is 10.0 Å². The molecule has 1 aliphatic heterocycles. The van der Waals surface area contributed by atoms with Crippen LogP contribution in [0.25, 0.3) is 0 Å². The van der Waals surface area contributed by atoms with E-state index in [1.54, 1.807) is 24.3 Å². The quantitative estimate of drug-likeness (QED) is 0.841. The Labute approximate surface area is 131 Å². The zero-order valence-corrected chi connectivity index (χ0v) is 13.8. The molecular weight excluding hydrogens is 310 g/mol. The molecule has 0 amide bonds. The summed E-state index contributed by atoms with van der Waals surface area (Å²) >= 11 is 5.80. The standard InChI is InChI=1S/C14H22ClN3O2S/c1-2-16-11-12-7-9-18(10-8-12)21(19,20)17-14-5-3-13(15)4-6-14/h3-6,12,16-17H,2,7-11H2,1H3. The number of nitrogens with zero attached hydrogens (tertiary/aromatic N) is 1. The number of hydrogen-bond acceptors (Lipinski definition) is 3. The number of halogens is 1. The molecular formula is C14H22ClN3O2S. The second kappa shape index (κ2) is 7.45. The molecule has 0 atom stereocenters.